The predicted octanol–water partition coefficient (Wildman–Crippen LogP) is 12.3. The van der Waals surface area contributed by atoms with E-state index in [1.807, 2.05) is 0 Å². The zero-order valence-corrected chi connectivity index (χ0v) is 34.9. The third-order valence-electron chi connectivity index (χ3n) is 12.7. The van der Waals surface area contributed by atoms with Crippen LogP contribution in [-0.4, -0.2) is 32.1 Å². The predicted molar refractivity (Wildman–Crippen MR) is 248 cm³/mol. The zero-order valence-electron chi connectivity index (χ0n) is 34.9. The fraction of sp³-hybridized carbons (Fsp3) is 0.167. The molecule has 3 N–H and O–H groups in total. The van der Waals surface area contributed by atoms with Crippen LogP contribution in [0.2, 0.25) is 0 Å². The molecule has 3 aromatic carbocycles. The van der Waals surface area contributed by atoms with Gasteiger partial charge in [-0.1, -0.05) is 91.0 Å². The van der Waals surface area contributed by atoms with E-state index in [-0.39, 0.29) is 5.41 Å². The van der Waals surface area contributed by atoms with Crippen molar-refractivity contribution >= 4 is 33.9 Å². The summed E-state index contributed by atoms with van der Waals surface area (Å²) in [6, 6.07) is 44.9. The van der Waals surface area contributed by atoms with Gasteiger partial charge in [0, 0.05) is 67.1 Å². The van der Waals surface area contributed by atoms with Gasteiger partial charge >= 0.3 is 0 Å². The van der Waals surface area contributed by atoms with Crippen LogP contribution in [0, 0.1) is 5.41 Å². The van der Waals surface area contributed by atoms with Crippen molar-refractivity contribution in [1.82, 2.24) is 15.0 Å². The van der Waals surface area contributed by atoms with Gasteiger partial charge in [-0.3, -0.25) is 15.0 Å². The first kappa shape index (κ1) is 37.2. The van der Waals surface area contributed by atoms with E-state index in [9.17, 15) is 0 Å². The Balaban J connectivity index is 1.20. The first-order valence-electron chi connectivity index (χ1n) is 20.8. The molecule has 0 spiro atoms. The minimum Gasteiger partial charge on any atom is -0.358 e. The van der Waals surface area contributed by atoms with Crippen LogP contribution >= 0.6 is 0 Å². The average Bonchev–Trinajstić information content (AvgIpc) is 4.11. The molecule has 4 aliphatic heterocycles. The largest absolute Gasteiger partial charge is 0.358 e. The number of aromatic amines is 3. The number of benzene rings is 3. The molecule has 12 bridgehead atoms. The Hall–Kier alpha value is -7.05. The summed E-state index contributed by atoms with van der Waals surface area (Å²) >= 11 is 0. The molecule has 6 heteroatoms. The standard InChI is InChI=1S/C54H48N6/c1-52(2)43-28-22-37(55-43)49(34-16-10-7-11-17-34)39-24-30-45(57-39)53(3,4)47-32-26-41(59-47)51(36-20-14-9-15-21-36)42-27-33-48(60-42)54(5,6)46-31-25-40(58-46)50(35-18-12-8-13-19-35)38-23-29-44(52)56-38/h7-33,55-56,59H,1-6H3/b49-39-,50-40?,51-42-. The molecule has 0 atom stereocenters. The molecule has 6 aromatic rings. The van der Waals surface area contributed by atoms with Crippen LogP contribution in [0.3, 0.4) is 0 Å². The van der Waals surface area contributed by atoms with Crippen molar-refractivity contribution in [2.45, 2.75) is 52.4 Å². The summed E-state index contributed by atoms with van der Waals surface area (Å²) in [4.78, 5) is 27.8. The van der Waals surface area contributed by atoms with Crippen molar-refractivity contribution in [3.63, 3.8) is 0 Å². The monoisotopic (exact) mass is 780 g/mol. The number of nitrogens with zero attached hydrogens (tertiary/aromatic N) is 3. The first-order valence-corrected chi connectivity index (χ1v) is 20.8. The van der Waals surface area contributed by atoms with E-state index < -0.39 is 10.8 Å². The molecule has 60 heavy (non-hydrogen) atoms. The molecule has 3 aromatic heterocycles. The van der Waals surface area contributed by atoms with Crippen LogP contribution in [-0.2, 0) is 10.8 Å². The summed E-state index contributed by atoms with van der Waals surface area (Å²) in [6.07, 6.45) is 13.0. The second-order valence-electron chi connectivity index (χ2n) is 17.6. The van der Waals surface area contributed by atoms with Gasteiger partial charge in [0.25, 0.3) is 0 Å². The quantitative estimate of drug-likeness (QED) is 0.160. The van der Waals surface area contributed by atoms with Gasteiger partial charge in [0.05, 0.1) is 34.2 Å². The Morgan fingerprint density at radius 3 is 0.950 bits per heavy atom. The molecule has 294 valence electrons. The van der Waals surface area contributed by atoms with Gasteiger partial charge < -0.3 is 15.0 Å². The second kappa shape index (κ2) is 14.1. The van der Waals surface area contributed by atoms with E-state index >= 15 is 0 Å². The molecule has 0 saturated carbocycles. The van der Waals surface area contributed by atoms with Gasteiger partial charge in [-0.05, 0) is 131 Å². The SMILES string of the molecule is CC1(C)C2=NC(=C(c3ccccc3)c3ccc([nH]3)C(C)(C)c3ccc([nH]3)/C(c3ccccc3)=C3/C=CC(=N3)C(C)(C)c3ccc([nH]3)/C(c3ccccc3)=C3/C=CC1=N3)C=C2. The molecule has 6 nitrogen and oxygen atoms in total. The molecular formula is C54H48N6. The van der Waals surface area contributed by atoms with Crippen LogP contribution < -0.4 is 0 Å². The van der Waals surface area contributed by atoms with Crippen molar-refractivity contribution in [2.75, 3.05) is 0 Å². The Labute approximate surface area is 352 Å². The van der Waals surface area contributed by atoms with Gasteiger partial charge in [0.15, 0.2) is 0 Å². The number of rotatable bonds is 3. The van der Waals surface area contributed by atoms with Crippen molar-refractivity contribution in [3.05, 3.63) is 232 Å². The highest BCUT2D eigenvalue weighted by Crippen LogP contribution is 2.41. The van der Waals surface area contributed by atoms with Gasteiger partial charge in [-0.25, -0.2) is 0 Å². The molecule has 7 heterocycles. The summed E-state index contributed by atoms with van der Waals surface area (Å²) in [5.41, 5.74) is 17.2. The third kappa shape index (κ3) is 6.22. The van der Waals surface area contributed by atoms with Crippen LogP contribution in [0.5, 0.6) is 0 Å². The maximum absolute atomic E-state index is 5.40. The Morgan fingerprint density at radius 1 is 0.317 bits per heavy atom. The molecule has 0 unspecified atom stereocenters. The summed E-state index contributed by atoms with van der Waals surface area (Å²) in [6.45, 7) is 13.5. The highest BCUT2D eigenvalue weighted by Gasteiger charge is 2.35. The number of hydrogen-bond acceptors (Lipinski definition) is 3. The maximum atomic E-state index is 5.40. The molecule has 0 aliphatic carbocycles. The fourth-order valence-electron chi connectivity index (χ4n) is 8.82. The third-order valence-corrected chi connectivity index (χ3v) is 12.7. The first-order chi connectivity index (χ1) is 29.0. The van der Waals surface area contributed by atoms with Crippen molar-refractivity contribution < 1.29 is 0 Å². The minimum atomic E-state index is -0.471. The minimum absolute atomic E-state index is 0.380. The zero-order chi connectivity index (χ0) is 41.2. The van der Waals surface area contributed by atoms with Gasteiger partial charge in [0.1, 0.15) is 0 Å². The molecule has 0 fully saturated rings. The topological polar surface area (TPSA) is 84.5 Å². The number of fused-ring (bicyclic) bond motifs is 9. The van der Waals surface area contributed by atoms with E-state index in [1.165, 1.54) is 0 Å². The lowest BCUT2D eigenvalue weighted by atomic mass is 9.82. The lowest BCUT2D eigenvalue weighted by Gasteiger charge is -2.24. The summed E-state index contributed by atoms with van der Waals surface area (Å²) in [5.74, 6) is 0. The lowest BCUT2D eigenvalue weighted by molar-refractivity contribution is 0.602. The van der Waals surface area contributed by atoms with Crippen LogP contribution in [0.1, 0.15) is 92.4 Å². The highest BCUT2D eigenvalue weighted by molar-refractivity contribution is 6.22. The highest BCUT2D eigenvalue weighted by atomic mass is 14.9. The number of aromatic nitrogens is 3. The van der Waals surface area contributed by atoms with E-state index in [2.05, 4.69) is 220 Å². The Bertz CT molecular complexity index is 2960. The van der Waals surface area contributed by atoms with Crippen molar-refractivity contribution in [3.8, 4) is 0 Å². The van der Waals surface area contributed by atoms with Crippen molar-refractivity contribution in [2.24, 2.45) is 20.4 Å². The number of hydrogen-bond donors (Lipinski definition) is 3. The summed E-state index contributed by atoms with van der Waals surface area (Å²) < 4.78 is 0. The molecule has 0 amide bonds. The van der Waals surface area contributed by atoms with Gasteiger partial charge in [0.2, 0.25) is 0 Å². The number of aliphatic imine (C=N–C) groups is 3. The van der Waals surface area contributed by atoms with Crippen LogP contribution in [0.15, 0.2) is 196 Å². The van der Waals surface area contributed by atoms with Crippen molar-refractivity contribution in [1.29, 1.82) is 0 Å². The number of allylic oxidation sites excluding steroid dienone is 6. The number of H-pyrrole nitrogens is 3. The molecular weight excluding hydrogens is 733 g/mol. The normalized spacial score (nSPS) is 21.2. The van der Waals surface area contributed by atoms with Crippen LogP contribution in [0.4, 0.5) is 0 Å². The van der Waals surface area contributed by atoms with E-state index in [4.69, 9.17) is 15.0 Å². The van der Waals surface area contributed by atoms with Crippen LogP contribution in [0.25, 0.3) is 16.7 Å². The van der Waals surface area contributed by atoms with E-state index in [0.717, 1.165) is 102 Å². The smallest absolute Gasteiger partial charge is 0.0733 e. The second-order valence-corrected chi connectivity index (χ2v) is 17.6. The number of nitrogens with one attached hydrogen (secondary N) is 3. The van der Waals surface area contributed by atoms with Gasteiger partial charge in [-0.15, -0.1) is 0 Å². The molecule has 10 rings (SSSR count). The Morgan fingerprint density at radius 2 is 0.617 bits per heavy atom. The molecule has 0 saturated heterocycles. The van der Waals surface area contributed by atoms with Gasteiger partial charge in [-0.2, -0.15) is 0 Å². The average molecular weight is 781 g/mol. The van der Waals surface area contributed by atoms with E-state index in [1.54, 1.807) is 0 Å². The maximum Gasteiger partial charge on any atom is 0.0733 e. The fourth-order valence-corrected chi connectivity index (χ4v) is 8.82. The summed E-state index contributed by atoms with van der Waals surface area (Å²) in [5, 5.41) is 0. The Kier molecular flexibility index (Phi) is 8.72. The molecule has 4 aliphatic rings. The lowest BCUT2D eigenvalue weighted by Crippen LogP contribution is -2.30. The molecule has 0 radical (unpaired) electrons. The van der Waals surface area contributed by atoms with E-state index in [0.29, 0.717) is 0 Å². The summed E-state index contributed by atoms with van der Waals surface area (Å²) in [7, 11) is 0.